The highest BCUT2D eigenvalue weighted by Gasteiger charge is 2.18. The number of rotatable bonds is 8. The largest absolute Gasteiger partial charge is 0.490 e. The molecule has 170 valence electrons. The molecule has 0 saturated heterocycles. The minimum atomic E-state index is -0.392. The lowest BCUT2D eigenvalue weighted by Crippen LogP contribution is -2.41. The van der Waals surface area contributed by atoms with Crippen molar-refractivity contribution in [3.05, 3.63) is 36.4 Å². The Balaban J connectivity index is 1.58. The Bertz CT molecular complexity index is 750. The van der Waals surface area contributed by atoms with E-state index in [-0.39, 0.29) is 6.61 Å². The zero-order chi connectivity index (χ0) is 21.9. The number of aliphatic imine (C=N–C) groups is 1. The SMILES string of the molecule is C=C(C)C(=O)OCCOc1cccc(NC(=NC2CCCCC2)NC2CCCCC2)c1. The fourth-order valence-corrected chi connectivity index (χ4v) is 4.16. The molecule has 2 fully saturated rings. The predicted molar refractivity (Wildman–Crippen MR) is 126 cm³/mol. The molecule has 0 aromatic heterocycles. The predicted octanol–water partition coefficient (Wildman–Crippen LogP) is 5.21. The number of anilines is 1. The third kappa shape index (κ3) is 8.27. The summed E-state index contributed by atoms with van der Waals surface area (Å²) in [5.41, 5.74) is 1.33. The van der Waals surface area contributed by atoms with Gasteiger partial charge >= 0.3 is 5.97 Å². The molecule has 6 heteroatoms. The van der Waals surface area contributed by atoms with E-state index in [1.54, 1.807) is 6.92 Å². The van der Waals surface area contributed by atoms with Crippen molar-refractivity contribution in [3.63, 3.8) is 0 Å². The number of benzene rings is 1. The van der Waals surface area contributed by atoms with Crippen LogP contribution in [0.2, 0.25) is 0 Å². The highest BCUT2D eigenvalue weighted by molar-refractivity contribution is 5.94. The second kappa shape index (κ2) is 12.4. The van der Waals surface area contributed by atoms with E-state index >= 15 is 0 Å². The van der Waals surface area contributed by atoms with Gasteiger partial charge in [-0.2, -0.15) is 0 Å². The van der Waals surface area contributed by atoms with E-state index in [9.17, 15) is 4.79 Å². The third-order valence-electron chi connectivity index (χ3n) is 5.86. The fourth-order valence-electron chi connectivity index (χ4n) is 4.16. The van der Waals surface area contributed by atoms with Gasteiger partial charge in [-0.15, -0.1) is 0 Å². The van der Waals surface area contributed by atoms with Gasteiger partial charge in [0, 0.05) is 23.4 Å². The first-order chi connectivity index (χ1) is 15.1. The Morgan fingerprint density at radius 2 is 1.77 bits per heavy atom. The van der Waals surface area contributed by atoms with Gasteiger partial charge in [0.2, 0.25) is 0 Å². The lowest BCUT2D eigenvalue weighted by atomic mass is 9.95. The number of nitrogens with one attached hydrogen (secondary N) is 2. The average Bonchev–Trinajstić information content (AvgIpc) is 2.78. The average molecular weight is 428 g/mol. The molecule has 0 unspecified atom stereocenters. The number of hydrogen-bond donors (Lipinski definition) is 2. The van der Waals surface area contributed by atoms with Crippen molar-refractivity contribution in [2.45, 2.75) is 83.2 Å². The summed E-state index contributed by atoms with van der Waals surface area (Å²) in [5.74, 6) is 1.22. The van der Waals surface area contributed by atoms with Crippen molar-refractivity contribution in [2.24, 2.45) is 4.99 Å². The summed E-state index contributed by atoms with van der Waals surface area (Å²) in [6.45, 7) is 5.70. The fraction of sp³-hybridized carbons (Fsp3) is 0.600. The van der Waals surface area contributed by atoms with E-state index in [1.807, 2.05) is 24.3 Å². The van der Waals surface area contributed by atoms with Crippen molar-refractivity contribution in [2.75, 3.05) is 18.5 Å². The van der Waals surface area contributed by atoms with Crippen molar-refractivity contribution < 1.29 is 14.3 Å². The standard InChI is InChI=1S/C25H37N3O3/c1-19(2)24(29)31-17-16-30-23-15-9-14-22(18-23)28-25(26-20-10-5-3-6-11-20)27-21-12-7-4-8-13-21/h9,14-15,18,20-21H,1,3-8,10-13,16-17H2,2H3,(H2,26,27,28). The van der Waals surface area contributed by atoms with Gasteiger partial charge in [0.15, 0.2) is 5.96 Å². The van der Waals surface area contributed by atoms with Crippen molar-refractivity contribution in [1.29, 1.82) is 0 Å². The van der Waals surface area contributed by atoms with Crippen LogP contribution in [-0.4, -0.2) is 37.2 Å². The first-order valence-electron chi connectivity index (χ1n) is 11.8. The van der Waals surface area contributed by atoms with E-state index < -0.39 is 5.97 Å². The topological polar surface area (TPSA) is 72.0 Å². The Hall–Kier alpha value is -2.50. The summed E-state index contributed by atoms with van der Waals surface area (Å²) < 4.78 is 10.8. The van der Waals surface area contributed by atoms with Gasteiger partial charge in [0.1, 0.15) is 19.0 Å². The number of hydrogen-bond acceptors (Lipinski definition) is 4. The van der Waals surface area contributed by atoms with Crippen LogP contribution in [0.1, 0.15) is 71.1 Å². The Labute approximate surface area is 186 Å². The molecule has 2 aliphatic rings. The summed E-state index contributed by atoms with van der Waals surface area (Å²) in [6, 6.07) is 8.72. The van der Waals surface area contributed by atoms with E-state index in [4.69, 9.17) is 14.5 Å². The Morgan fingerprint density at radius 1 is 1.06 bits per heavy atom. The molecule has 1 aromatic rings. The molecule has 2 N–H and O–H groups in total. The van der Waals surface area contributed by atoms with Gasteiger partial charge in [0.05, 0.1) is 6.04 Å². The van der Waals surface area contributed by atoms with E-state index in [0.717, 1.165) is 17.4 Å². The van der Waals surface area contributed by atoms with Crippen molar-refractivity contribution in [1.82, 2.24) is 5.32 Å². The van der Waals surface area contributed by atoms with E-state index in [0.29, 0.717) is 24.3 Å². The van der Waals surface area contributed by atoms with Crippen LogP contribution < -0.4 is 15.4 Å². The van der Waals surface area contributed by atoms with Crippen LogP contribution in [0.5, 0.6) is 5.75 Å². The number of guanidine groups is 1. The molecular formula is C25H37N3O3. The molecule has 0 heterocycles. The van der Waals surface area contributed by atoms with Gasteiger partial charge in [-0.25, -0.2) is 9.79 Å². The Morgan fingerprint density at radius 3 is 2.48 bits per heavy atom. The first-order valence-corrected chi connectivity index (χ1v) is 11.8. The van der Waals surface area contributed by atoms with E-state index in [1.165, 1.54) is 64.2 Å². The van der Waals surface area contributed by atoms with Crippen LogP contribution in [0.4, 0.5) is 5.69 Å². The zero-order valence-corrected chi connectivity index (χ0v) is 18.8. The third-order valence-corrected chi connectivity index (χ3v) is 5.86. The van der Waals surface area contributed by atoms with Crippen LogP contribution >= 0.6 is 0 Å². The minimum Gasteiger partial charge on any atom is -0.490 e. The molecule has 31 heavy (non-hydrogen) atoms. The number of nitrogens with zero attached hydrogens (tertiary/aromatic N) is 1. The lowest BCUT2D eigenvalue weighted by Gasteiger charge is -2.27. The molecule has 2 aliphatic carbocycles. The summed E-state index contributed by atoms with van der Waals surface area (Å²) in [5, 5.41) is 7.18. The molecule has 0 amide bonds. The normalized spacial score (nSPS) is 18.3. The van der Waals surface area contributed by atoms with Crippen LogP contribution in [0.15, 0.2) is 41.4 Å². The quantitative estimate of drug-likeness (QED) is 0.196. The van der Waals surface area contributed by atoms with Gasteiger partial charge < -0.3 is 20.1 Å². The minimum absolute atomic E-state index is 0.195. The second-order valence-corrected chi connectivity index (χ2v) is 8.67. The monoisotopic (exact) mass is 427 g/mol. The number of esters is 1. The maximum Gasteiger partial charge on any atom is 0.333 e. The molecule has 0 aliphatic heterocycles. The molecule has 2 saturated carbocycles. The smallest absolute Gasteiger partial charge is 0.333 e. The number of ether oxygens (including phenoxy) is 2. The molecule has 1 aromatic carbocycles. The van der Waals surface area contributed by atoms with Gasteiger partial charge in [-0.1, -0.05) is 51.2 Å². The molecule has 0 radical (unpaired) electrons. The van der Waals surface area contributed by atoms with Gasteiger partial charge in [-0.3, -0.25) is 0 Å². The van der Waals surface area contributed by atoms with Crippen molar-refractivity contribution in [3.8, 4) is 5.75 Å². The summed E-state index contributed by atoms with van der Waals surface area (Å²) in [7, 11) is 0. The summed E-state index contributed by atoms with van der Waals surface area (Å²) >= 11 is 0. The molecule has 3 rings (SSSR count). The second-order valence-electron chi connectivity index (χ2n) is 8.67. The van der Waals surface area contributed by atoms with Crippen LogP contribution in [0, 0.1) is 0 Å². The highest BCUT2D eigenvalue weighted by Crippen LogP contribution is 2.23. The number of carbonyl (C=O) groups is 1. The van der Waals surface area contributed by atoms with Gasteiger partial charge in [0.25, 0.3) is 0 Å². The molecule has 0 bridgehead atoms. The van der Waals surface area contributed by atoms with Crippen LogP contribution in [0.3, 0.4) is 0 Å². The van der Waals surface area contributed by atoms with E-state index in [2.05, 4.69) is 17.2 Å². The molecular weight excluding hydrogens is 390 g/mol. The first kappa shape index (κ1) is 23.2. The van der Waals surface area contributed by atoms with Crippen molar-refractivity contribution >= 4 is 17.6 Å². The molecule has 6 nitrogen and oxygen atoms in total. The van der Waals surface area contributed by atoms with Crippen LogP contribution in [-0.2, 0) is 9.53 Å². The summed E-state index contributed by atoms with van der Waals surface area (Å²) in [4.78, 5) is 16.5. The highest BCUT2D eigenvalue weighted by atomic mass is 16.6. The maximum absolute atomic E-state index is 11.4. The number of carbonyl (C=O) groups excluding carboxylic acids is 1. The Kier molecular flexibility index (Phi) is 9.25. The van der Waals surface area contributed by atoms with Gasteiger partial charge in [-0.05, 0) is 44.7 Å². The molecule has 0 spiro atoms. The maximum atomic E-state index is 11.4. The zero-order valence-electron chi connectivity index (χ0n) is 18.8. The lowest BCUT2D eigenvalue weighted by molar-refractivity contribution is -0.139. The van der Waals surface area contributed by atoms with Crippen LogP contribution in [0.25, 0.3) is 0 Å². The summed E-state index contributed by atoms with van der Waals surface area (Å²) in [6.07, 6.45) is 12.5. The molecule has 0 atom stereocenters.